The number of carboxylic acid groups (broad SMARTS) is 1. The topological polar surface area (TPSA) is 40.5 Å². The Hall–Kier alpha value is -0.570. The van der Waals surface area contributed by atoms with Crippen LogP contribution in [0.25, 0.3) is 0 Å². The predicted molar refractivity (Wildman–Crippen MR) is 51.4 cm³/mol. The van der Waals surface area contributed by atoms with Gasteiger partial charge in [0.1, 0.15) is 0 Å². The molecule has 0 aromatic carbocycles. The van der Waals surface area contributed by atoms with Gasteiger partial charge in [-0.25, -0.2) is 0 Å². The van der Waals surface area contributed by atoms with Gasteiger partial charge < -0.3 is 10.0 Å². The molecule has 0 aromatic rings. The molecule has 0 fully saturated rings. The maximum Gasteiger partial charge on any atom is 0.303 e. The summed E-state index contributed by atoms with van der Waals surface area (Å²) in [6, 6.07) is 0. The largest absolute Gasteiger partial charge is 0.481 e. The van der Waals surface area contributed by atoms with Crippen molar-refractivity contribution in [2.24, 2.45) is 0 Å². The van der Waals surface area contributed by atoms with Crippen molar-refractivity contribution < 1.29 is 9.90 Å². The second kappa shape index (κ2) is 10.4. The van der Waals surface area contributed by atoms with Gasteiger partial charge in [-0.2, -0.15) is 0 Å². The minimum atomic E-state index is -0.696. The molecule has 0 aliphatic heterocycles. The molecular formula is C9H21NO2. The second-order valence-corrected chi connectivity index (χ2v) is 2.65. The highest BCUT2D eigenvalue weighted by atomic mass is 16.4. The summed E-state index contributed by atoms with van der Waals surface area (Å²) in [5, 5.41) is 8.27. The molecule has 3 heteroatoms. The molecule has 0 atom stereocenters. The van der Waals surface area contributed by atoms with E-state index in [2.05, 4.69) is 4.90 Å². The van der Waals surface area contributed by atoms with Crippen LogP contribution in [0, 0.1) is 0 Å². The summed E-state index contributed by atoms with van der Waals surface area (Å²) in [5.41, 5.74) is 0. The molecule has 0 saturated carbocycles. The van der Waals surface area contributed by atoms with Crippen molar-refractivity contribution in [2.45, 2.75) is 33.1 Å². The first kappa shape index (κ1) is 14.0. The number of carbonyl (C=O) groups is 1. The number of hydrogen-bond donors (Lipinski definition) is 1. The lowest BCUT2D eigenvalue weighted by atomic mass is 10.2. The van der Waals surface area contributed by atoms with Gasteiger partial charge in [-0.15, -0.1) is 0 Å². The molecule has 0 amide bonds. The fourth-order valence-electron chi connectivity index (χ4n) is 0.704. The van der Waals surface area contributed by atoms with Gasteiger partial charge in [0.25, 0.3) is 0 Å². The monoisotopic (exact) mass is 175 g/mol. The lowest BCUT2D eigenvalue weighted by Gasteiger charge is -2.07. The van der Waals surface area contributed by atoms with E-state index in [1.54, 1.807) is 0 Å². The zero-order chi connectivity index (χ0) is 9.98. The molecule has 0 radical (unpaired) electrons. The van der Waals surface area contributed by atoms with Crippen molar-refractivity contribution in [3.8, 4) is 0 Å². The number of carboxylic acids is 1. The van der Waals surface area contributed by atoms with Crippen LogP contribution in [0.2, 0.25) is 0 Å². The third-order valence-corrected chi connectivity index (χ3v) is 1.25. The van der Waals surface area contributed by atoms with Gasteiger partial charge in [0.05, 0.1) is 0 Å². The van der Waals surface area contributed by atoms with Crippen molar-refractivity contribution in [1.82, 2.24) is 4.90 Å². The molecule has 0 rings (SSSR count). The summed E-state index contributed by atoms with van der Waals surface area (Å²) in [5.74, 6) is -0.696. The third kappa shape index (κ3) is 16.2. The van der Waals surface area contributed by atoms with E-state index >= 15 is 0 Å². The molecule has 0 saturated heterocycles. The molecule has 0 heterocycles. The van der Waals surface area contributed by atoms with Crippen LogP contribution in [-0.2, 0) is 4.79 Å². The SMILES string of the molecule is CC.CN(C)CCCCC(=O)O. The maximum atomic E-state index is 10.0. The third-order valence-electron chi connectivity index (χ3n) is 1.25. The van der Waals surface area contributed by atoms with Crippen LogP contribution in [-0.4, -0.2) is 36.6 Å². The van der Waals surface area contributed by atoms with Gasteiger partial charge >= 0.3 is 5.97 Å². The second-order valence-electron chi connectivity index (χ2n) is 2.65. The molecule has 12 heavy (non-hydrogen) atoms. The normalized spacial score (nSPS) is 9.08. The average Bonchev–Trinajstić information content (AvgIpc) is 2.02. The van der Waals surface area contributed by atoms with Crippen molar-refractivity contribution in [3.05, 3.63) is 0 Å². The first-order chi connectivity index (χ1) is 5.63. The quantitative estimate of drug-likeness (QED) is 0.648. The molecule has 74 valence electrons. The number of aliphatic carboxylic acids is 1. The predicted octanol–water partition coefficient (Wildman–Crippen LogP) is 1.83. The van der Waals surface area contributed by atoms with Crippen molar-refractivity contribution in [2.75, 3.05) is 20.6 Å². The fourth-order valence-corrected chi connectivity index (χ4v) is 0.704. The fraction of sp³-hybridized carbons (Fsp3) is 0.889. The Kier molecular flexibility index (Phi) is 12.2. The summed E-state index contributed by atoms with van der Waals surface area (Å²) >= 11 is 0. The van der Waals surface area contributed by atoms with Crippen LogP contribution >= 0.6 is 0 Å². The molecule has 0 bridgehead atoms. The van der Waals surface area contributed by atoms with Crippen LogP contribution < -0.4 is 0 Å². The van der Waals surface area contributed by atoms with Gasteiger partial charge in [0.15, 0.2) is 0 Å². The van der Waals surface area contributed by atoms with Crippen LogP contribution in [0.1, 0.15) is 33.1 Å². The van der Waals surface area contributed by atoms with E-state index in [1.165, 1.54) is 0 Å². The molecule has 1 N–H and O–H groups in total. The molecule has 0 aliphatic rings. The maximum absolute atomic E-state index is 10.0. The Labute approximate surface area is 75.4 Å². The minimum absolute atomic E-state index is 0.299. The summed E-state index contributed by atoms with van der Waals surface area (Å²) in [6.45, 7) is 4.98. The van der Waals surface area contributed by atoms with E-state index in [0.717, 1.165) is 19.4 Å². The number of unbranched alkanes of at least 4 members (excludes halogenated alkanes) is 1. The van der Waals surface area contributed by atoms with Crippen LogP contribution in [0.3, 0.4) is 0 Å². The number of hydrogen-bond acceptors (Lipinski definition) is 2. The van der Waals surface area contributed by atoms with Crippen LogP contribution in [0.5, 0.6) is 0 Å². The highest BCUT2D eigenvalue weighted by Crippen LogP contribution is 1.95. The molecule has 0 spiro atoms. The lowest BCUT2D eigenvalue weighted by molar-refractivity contribution is -0.137. The Bertz CT molecular complexity index is 103. The van der Waals surface area contributed by atoms with Gasteiger partial charge in [0, 0.05) is 6.42 Å². The highest BCUT2D eigenvalue weighted by Gasteiger charge is 1.96. The standard InChI is InChI=1S/C7H15NO2.C2H6/c1-8(2)6-4-3-5-7(9)10;1-2/h3-6H2,1-2H3,(H,9,10);1-2H3. The Balaban J connectivity index is 0. The molecule has 0 aromatic heterocycles. The van der Waals surface area contributed by atoms with Crippen molar-refractivity contribution >= 4 is 5.97 Å². The van der Waals surface area contributed by atoms with E-state index in [4.69, 9.17) is 5.11 Å². The summed E-state index contributed by atoms with van der Waals surface area (Å²) in [4.78, 5) is 12.1. The van der Waals surface area contributed by atoms with Crippen LogP contribution in [0.4, 0.5) is 0 Å². The summed E-state index contributed by atoms with van der Waals surface area (Å²) in [6.07, 6.45) is 2.06. The smallest absolute Gasteiger partial charge is 0.303 e. The van der Waals surface area contributed by atoms with Crippen molar-refractivity contribution in [1.29, 1.82) is 0 Å². The molecule has 0 unspecified atom stereocenters. The van der Waals surface area contributed by atoms with Gasteiger partial charge in [-0.1, -0.05) is 13.8 Å². The Morgan fingerprint density at radius 2 is 1.75 bits per heavy atom. The molecular weight excluding hydrogens is 154 g/mol. The Morgan fingerprint density at radius 3 is 2.08 bits per heavy atom. The number of nitrogens with zero attached hydrogens (tertiary/aromatic N) is 1. The highest BCUT2D eigenvalue weighted by molar-refractivity contribution is 5.66. The van der Waals surface area contributed by atoms with Gasteiger partial charge in [-0.3, -0.25) is 4.79 Å². The van der Waals surface area contributed by atoms with Gasteiger partial charge in [-0.05, 0) is 33.5 Å². The minimum Gasteiger partial charge on any atom is -0.481 e. The first-order valence-corrected chi connectivity index (χ1v) is 4.49. The first-order valence-electron chi connectivity index (χ1n) is 4.49. The van der Waals surface area contributed by atoms with Gasteiger partial charge in [0.2, 0.25) is 0 Å². The zero-order valence-corrected chi connectivity index (χ0v) is 8.63. The summed E-state index contributed by atoms with van der Waals surface area (Å²) < 4.78 is 0. The van der Waals surface area contributed by atoms with E-state index in [0.29, 0.717) is 6.42 Å². The number of rotatable bonds is 5. The summed E-state index contributed by atoms with van der Waals surface area (Å²) in [7, 11) is 3.97. The van der Waals surface area contributed by atoms with Crippen molar-refractivity contribution in [3.63, 3.8) is 0 Å². The van der Waals surface area contributed by atoms with Crippen LogP contribution in [0.15, 0.2) is 0 Å². The van der Waals surface area contributed by atoms with E-state index in [9.17, 15) is 4.79 Å². The van der Waals surface area contributed by atoms with E-state index < -0.39 is 5.97 Å². The lowest BCUT2D eigenvalue weighted by Crippen LogP contribution is -2.13. The Morgan fingerprint density at radius 1 is 1.25 bits per heavy atom. The average molecular weight is 175 g/mol. The molecule has 3 nitrogen and oxygen atoms in total. The molecule has 0 aliphatic carbocycles. The zero-order valence-electron chi connectivity index (χ0n) is 8.63. The van der Waals surface area contributed by atoms with E-state index in [1.807, 2.05) is 27.9 Å². The van der Waals surface area contributed by atoms with E-state index in [-0.39, 0.29) is 0 Å².